The Balaban J connectivity index is 2.46. The van der Waals surface area contributed by atoms with Gasteiger partial charge in [0, 0.05) is 12.1 Å². The minimum absolute atomic E-state index is 0.0867. The molecule has 0 heterocycles. The Morgan fingerprint density at radius 3 is 2.90 bits per heavy atom. The van der Waals surface area contributed by atoms with Gasteiger partial charge in [-0.25, -0.2) is 0 Å². The predicted octanol–water partition coefficient (Wildman–Crippen LogP) is 2.12. The van der Waals surface area contributed by atoms with E-state index in [-0.39, 0.29) is 24.5 Å². The van der Waals surface area contributed by atoms with Crippen molar-refractivity contribution in [2.24, 2.45) is 5.41 Å². The Labute approximate surface area is 125 Å². The van der Waals surface area contributed by atoms with E-state index in [0.717, 1.165) is 12.8 Å². The molecule has 0 aliphatic heterocycles. The SMILES string of the molecule is CC(C)(C#N)CCCOc1cccc(C(=O)NCCO)c1. The van der Waals surface area contributed by atoms with Crippen LogP contribution in [-0.2, 0) is 0 Å². The molecule has 0 fully saturated rings. The maximum Gasteiger partial charge on any atom is 0.251 e. The van der Waals surface area contributed by atoms with E-state index in [9.17, 15) is 4.79 Å². The van der Waals surface area contributed by atoms with Crippen molar-refractivity contribution in [3.8, 4) is 11.8 Å². The second kappa shape index (κ2) is 8.28. The summed E-state index contributed by atoms with van der Waals surface area (Å²) in [6.45, 7) is 4.45. The molecule has 0 aromatic heterocycles. The maximum atomic E-state index is 11.7. The minimum atomic E-state index is -0.338. The molecule has 1 aromatic rings. The summed E-state index contributed by atoms with van der Waals surface area (Å²) >= 11 is 0. The summed E-state index contributed by atoms with van der Waals surface area (Å²) in [5.74, 6) is 0.390. The summed E-state index contributed by atoms with van der Waals surface area (Å²) in [5.41, 5.74) is 0.161. The molecule has 0 bridgehead atoms. The zero-order valence-electron chi connectivity index (χ0n) is 12.6. The van der Waals surface area contributed by atoms with Crippen LogP contribution in [0.4, 0.5) is 0 Å². The van der Waals surface area contributed by atoms with Crippen LogP contribution >= 0.6 is 0 Å². The fourth-order valence-corrected chi connectivity index (χ4v) is 1.76. The largest absolute Gasteiger partial charge is 0.494 e. The number of aliphatic hydroxyl groups is 1. The van der Waals surface area contributed by atoms with Gasteiger partial charge in [-0.15, -0.1) is 0 Å². The standard InChI is InChI=1S/C16H22N2O3/c1-16(2,12-17)7-4-10-21-14-6-3-5-13(11-14)15(20)18-8-9-19/h3,5-6,11,19H,4,7-10H2,1-2H3,(H,18,20). The van der Waals surface area contributed by atoms with Crippen molar-refractivity contribution in [3.63, 3.8) is 0 Å². The van der Waals surface area contributed by atoms with Gasteiger partial charge < -0.3 is 15.2 Å². The number of hydrogen-bond acceptors (Lipinski definition) is 4. The summed E-state index contributed by atoms with van der Waals surface area (Å²) in [6.07, 6.45) is 1.54. The highest BCUT2D eigenvalue weighted by atomic mass is 16.5. The summed E-state index contributed by atoms with van der Waals surface area (Å²) in [6, 6.07) is 9.16. The molecular formula is C16H22N2O3. The minimum Gasteiger partial charge on any atom is -0.494 e. The average Bonchev–Trinajstić information content (AvgIpc) is 2.49. The van der Waals surface area contributed by atoms with Crippen LogP contribution in [0.1, 0.15) is 37.0 Å². The normalized spacial score (nSPS) is 10.8. The van der Waals surface area contributed by atoms with Crippen LogP contribution in [0.2, 0.25) is 0 Å². The highest BCUT2D eigenvalue weighted by Crippen LogP contribution is 2.21. The molecule has 0 unspecified atom stereocenters. The van der Waals surface area contributed by atoms with Gasteiger partial charge in [-0.3, -0.25) is 4.79 Å². The molecule has 0 spiro atoms. The molecule has 5 nitrogen and oxygen atoms in total. The van der Waals surface area contributed by atoms with E-state index in [1.165, 1.54) is 0 Å². The summed E-state index contributed by atoms with van der Waals surface area (Å²) < 4.78 is 5.60. The molecule has 1 rings (SSSR count). The number of hydrogen-bond donors (Lipinski definition) is 2. The first-order valence-electron chi connectivity index (χ1n) is 7.02. The van der Waals surface area contributed by atoms with Crippen molar-refractivity contribution in [2.75, 3.05) is 19.8 Å². The average molecular weight is 290 g/mol. The number of benzene rings is 1. The van der Waals surface area contributed by atoms with Crippen molar-refractivity contribution in [1.82, 2.24) is 5.32 Å². The zero-order chi connectivity index (χ0) is 15.7. The Morgan fingerprint density at radius 1 is 1.48 bits per heavy atom. The van der Waals surface area contributed by atoms with Crippen molar-refractivity contribution < 1.29 is 14.6 Å². The summed E-state index contributed by atoms with van der Waals surface area (Å²) in [5, 5.41) is 20.2. The molecular weight excluding hydrogens is 268 g/mol. The fourth-order valence-electron chi connectivity index (χ4n) is 1.76. The zero-order valence-corrected chi connectivity index (χ0v) is 12.6. The van der Waals surface area contributed by atoms with Crippen LogP contribution in [-0.4, -0.2) is 30.8 Å². The molecule has 21 heavy (non-hydrogen) atoms. The molecule has 1 aromatic carbocycles. The van der Waals surface area contributed by atoms with Crippen molar-refractivity contribution in [2.45, 2.75) is 26.7 Å². The first-order chi connectivity index (χ1) is 9.98. The van der Waals surface area contributed by atoms with Gasteiger partial charge in [-0.2, -0.15) is 5.26 Å². The van der Waals surface area contributed by atoms with Gasteiger partial charge in [0.1, 0.15) is 5.75 Å². The van der Waals surface area contributed by atoms with Gasteiger partial charge in [0.05, 0.1) is 24.7 Å². The number of ether oxygens (including phenoxy) is 1. The Bertz CT molecular complexity index is 506. The summed E-state index contributed by atoms with van der Waals surface area (Å²) in [4.78, 5) is 11.7. The fraction of sp³-hybridized carbons (Fsp3) is 0.500. The molecule has 2 N–H and O–H groups in total. The van der Waals surface area contributed by atoms with E-state index in [1.807, 2.05) is 13.8 Å². The van der Waals surface area contributed by atoms with Crippen LogP contribution in [0.25, 0.3) is 0 Å². The number of nitrogens with zero attached hydrogens (tertiary/aromatic N) is 1. The second-order valence-corrected chi connectivity index (χ2v) is 5.46. The maximum absolute atomic E-state index is 11.7. The van der Waals surface area contributed by atoms with E-state index in [4.69, 9.17) is 15.1 Å². The number of aliphatic hydroxyl groups excluding tert-OH is 1. The van der Waals surface area contributed by atoms with E-state index in [0.29, 0.717) is 17.9 Å². The smallest absolute Gasteiger partial charge is 0.251 e. The van der Waals surface area contributed by atoms with Crippen LogP contribution in [0.15, 0.2) is 24.3 Å². The number of nitriles is 1. The van der Waals surface area contributed by atoms with Crippen molar-refractivity contribution >= 4 is 5.91 Å². The monoisotopic (exact) mass is 290 g/mol. The number of carbonyl (C=O) groups is 1. The van der Waals surface area contributed by atoms with E-state index in [2.05, 4.69) is 11.4 Å². The Hall–Kier alpha value is -2.06. The van der Waals surface area contributed by atoms with Crippen LogP contribution in [0, 0.1) is 16.7 Å². The van der Waals surface area contributed by atoms with E-state index >= 15 is 0 Å². The highest BCUT2D eigenvalue weighted by Gasteiger charge is 2.15. The molecule has 0 aliphatic carbocycles. The molecule has 0 radical (unpaired) electrons. The lowest BCUT2D eigenvalue weighted by Crippen LogP contribution is -2.26. The summed E-state index contributed by atoms with van der Waals surface area (Å²) in [7, 11) is 0. The van der Waals surface area contributed by atoms with Crippen molar-refractivity contribution in [1.29, 1.82) is 5.26 Å². The predicted molar refractivity (Wildman–Crippen MR) is 80.0 cm³/mol. The lowest BCUT2D eigenvalue weighted by molar-refractivity contribution is 0.0944. The Morgan fingerprint density at radius 2 is 2.24 bits per heavy atom. The molecule has 114 valence electrons. The first-order valence-corrected chi connectivity index (χ1v) is 7.02. The van der Waals surface area contributed by atoms with Crippen molar-refractivity contribution in [3.05, 3.63) is 29.8 Å². The van der Waals surface area contributed by atoms with Gasteiger partial charge in [-0.05, 0) is 44.9 Å². The van der Waals surface area contributed by atoms with Gasteiger partial charge in [-0.1, -0.05) is 6.07 Å². The van der Waals surface area contributed by atoms with Crippen LogP contribution in [0.3, 0.4) is 0 Å². The molecule has 0 aliphatic rings. The third-order valence-electron chi connectivity index (χ3n) is 3.01. The number of carbonyl (C=O) groups excluding carboxylic acids is 1. The quantitative estimate of drug-likeness (QED) is 0.718. The van der Waals surface area contributed by atoms with Crippen LogP contribution < -0.4 is 10.1 Å². The Kier molecular flexibility index (Phi) is 6.70. The van der Waals surface area contributed by atoms with E-state index < -0.39 is 0 Å². The lowest BCUT2D eigenvalue weighted by Gasteiger charge is -2.15. The van der Waals surface area contributed by atoms with Gasteiger partial charge in [0.15, 0.2) is 0 Å². The highest BCUT2D eigenvalue weighted by molar-refractivity contribution is 5.94. The molecule has 0 atom stereocenters. The molecule has 0 saturated heterocycles. The second-order valence-electron chi connectivity index (χ2n) is 5.46. The number of rotatable bonds is 8. The van der Waals surface area contributed by atoms with Gasteiger partial charge in [0.2, 0.25) is 0 Å². The van der Waals surface area contributed by atoms with E-state index in [1.54, 1.807) is 24.3 Å². The van der Waals surface area contributed by atoms with Crippen LogP contribution in [0.5, 0.6) is 5.75 Å². The third kappa shape index (κ3) is 6.28. The number of amides is 1. The molecule has 5 heteroatoms. The topological polar surface area (TPSA) is 82.3 Å². The lowest BCUT2D eigenvalue weighted by atomic mass is 9.90. The number of nitrogens with one attached hydrogen (secondary N) is 1. The first kappa shape index (κ1) is 17.0. The van der Waals surface area contributed by atoms with Gasteiger partial charge in [0.25, 0.3) is 5.91 Å². The molecule has 1 amide bonds. The molecule has 0 saturated carbocycles. The van der Waals surface area contributed by atoms with Gasteiger partial charge >= 0.3 is 0 Å². The third-order valence-corrected chi connectivity index (χ3v) is 3.01.